The van der Waals surface area contributed by atoms with Gasteiger partial charge in [0.15, 0.2) is 21.4 Å². The SMILES string of the molecule is COc1cc2nc(-c3ccc(OCCN(C)C)nc3)cc(N3CCC4(C3)CS(=O)(=O)C4)c2cc1F. The molecule has 4 heterocycles. The molecule has 0 amide bonds. The number of halogens is 1. The molecule has 0 radical (unpaired) electrons. The molecule has 0 bridgehead atoms. The van der Waals surface area contributed by atoms with E-state index in [1.807, 2.05) is 37.2 Å². The topological polar surface area (TPSA) is 84.9 Å². The standard InChI is InChI=1S/C25H29FN4O4S/c1-29(2)8-9-34-24-5-4-17(13-27-24)20-11-22(18-10-19(26)23(33-3)12-21(18)28-20)30-7-6-25(14-30)15-35(31,32)16-25/h4-5,10-13H,6-9,14-16H2,1-3H3. The number of benzene rings is 1. The van der Waals surface area contributed by atoms with Crippen LogP contribution in [0.3, 0.4) is 0 Å². The molecule has 35 heavy (non-hydrogen) atoms. The number of ether oxygens (including phenoxy) is 2. The van der Waals surface area contributed by atoms with Crippen LogP contribution in [0.25, 0.3) is 22.2 Å². The van der Waals surface area contributed by atoms with Crippen LogP contribution < -0.4 is 14.4 Å². The summed E-state index contributed by atoms with van der Waals surface area (Å²) in [6.45, 7) is 2.65. The zero-order valence-electron chi connectivity index (χ0n) is 20.1. The molecule has 1 aromatic carbocycles. The maximum Gasteiger partial charge on any atom is 0.213 e. The van der Waals surface area contributed by atoms with Crippen molar-refractivity contribution in [3.63, 3.8) is 0 Å². The average Bonchev–Trinajstić information content (AvgIpc) is 3.21. The molecule has 186 valence electrons. The molecule has 2 fully saturated rings. The lowest BCUT2D eigenvalue weighted by atomic mass is 9.91. The van der Waals surface area contributed by atoms with Crippen molar-refractivity contribution in [3.8, 4) is 22.9 Å². The summed E-state index contributed by atoms with van der Waals surface area (Å²) in [4.78, 5) is 13.4. The van der Waals surface area contributed by atoms with Crippen LogP contribution in [0.4, 0.5) is 10.1 Å². The van der Waals surface area contributed by atoms with Gasteiger partial charge < -0.3 is 19.3 Å². The van der Waals surface area contributed by atoms with E-state index in [4.69, 9.17) is 14.5 Å². The summed E-state index contributed by atoms with van der Waals surface area (Å²) in [5.74, 6) is 0.630. The number of aromatic nitrogens is 2. The molecule has 0 aliphatic carbocycles. The Morgan fingerprint density at radius 1 is 1.20 bits per heavy atom. The third kappa shape index (κ3) is 4.77. The van der Waals surface area contributed by atoms with Crippen LogP contribution in [-0.2, 0) is 9.84 Å². The number of hydrogen-bond donors (Lipinski definition) is 0. The second-order valence-corrected chi connectivity index (χ2v) is 11.8. The van der Waals surface area contributed by atoms with Crippen LogP contribution in [0, 0.1) is 11.2 Å². The first-order valence-corrected chi connectivity index (χ1v) is 13.4. The maximum atomic E-state index is 14.7. The Hall–Kier alpha value is -2.98. The predicted octanol–water partition coefficient (Wildman–Crippen LogP) is 3.01. The van der Waals surface area contributed by atoms with E-state index >= 15 is 0 Å². The van der Waals surface area contributed by atoms with Crippen LogP contribution >= 0.6 is 0 Å². The summed E-state index contributed by atoms with van der Waals surface area (Å²) in [6.07, 6.45) is 2.51. The van der Waals surface area contributed by atoms with Crippen LogP contribution in [0.2, 0.25) is 0 Å². The number of rotatable bonds is 7. The second-order valence-electron chi connectivity index (χ2n) is 9.77. The summed E-state index contributed by atoms with van der Waals surface area (Å²) < 4.78 is 49.3. The Morgan fingerprint density at radius 2 is 2.00 bits per heavy atom. The maximum absolute atomic E-state index is 14.7. The molecule has 3 aromatic rings. The number of hydrogen-bond acceptors (Lipinski definition) is 8. The monoisotopic (exact) mass is 500 g/mol. The molecule has 8 nitrogen and oxygen atoms in total. The van der Waals surface area contributed by atoms with Crippen LogP contribution in [0.5, 0.6) is 11.6 Å². The minimum atomic E-state index is -2.94. The van der Waals surface area contributed by atoms with E-state index in [1.54, 1.807) is 12.3 Å². The molecule has 2 aromatic heterocycles. The molecule has 0 saturated carbocycles. The zero-order chi connectivity index (χ0) is 24.8. The highest BCUT2D eigenvalue weighted by molar-refractivity contribution is 7.92. The lowest BCUT2D eigenvalue weighted by Gasteiger charge is -2.37. The minimum absolute atomic E-state index is 0.124. The van der Waals surface area contributed by atoms with Crippen LogP contribution in [-0.4, -0.2) is 82.2 Å². The van der Waals surface area contributed by atoms with Gasteiger partial charge in [-0.25, -0.2) is 22.8 Å². The van der Waals surface area contributed by atoms with E-state index in [-0.39, 0.29) is 22.7 Å². The molecular weight excluding hydrogens is 471 g/mol. The van der Waals surface area contributed by atoms with Gasteiger partial charge in [-0.1, -0.05) is 0 Å². The van der Waals surface area contributed by atoms with Crippen molar-refractivity contribution in [2.75, 3.05) is 63.9 Å². The minimum Gasteiger partial charge on any atom is -0.494 e. The lowest BCUT2D eigenvalue weighted by molar-refractivity contribution is 0.254. The second kappa shape index (κ2) is 8.91. The molecule has 1 spiro atoms. The Labute approximate surface area is 204 Å². The van der Waals surface area contributed by atoms with Crippen LogP contribution in [0.15, 0.2) is 36.5 Å². The number of sulfone groups is 1. The van der Waals surface area contributed by atoms with Gasteiger partial charge in [-0.15, -0.1) is 0 Å². The fourth-order valence-electron chi connectivity index (χ4n) is 4.99. The quantitative estimate of drug-likeness (QED) is 0.490. The van der Waals surface area contributed by atoms with Gasteiger partial charge in [-0.05, 0) is 38.7 Å². The number of likely N-dealkylation sites (N-methyl/N-ethyl adjacent to an activating group) is 1. The van der Waals surface area contributed by atoms with Crippen molar-refractivity contribution >= 4 is 26.4 Å². The summed E-state index contributed by atoms with van der Waals surface area (Å²) >= 11 is 0. The van der Waals surface area contributed by atoms with Crippen molar-refractivity contribution in [1.29, 1.82) is 0 Å². The first kappa shape index (κ1) is 23.7. The van der Waals surface area contributed by atoms with E-state index in [2.05, 4.69) is 9.88 Å². The van der Waals surface area contributed by atoms with Crippen molar-refractivity contribution < 1.29 is 22.3 Å². The van der Waals surface area contributed by atoms with E-state index < -0.39 is 15.7 Å². The van der Waals surface area contributed by atoms with E-state index in [9.17, 15) is 12.8 Å². The van der Waals surface area contributed by atoms with Gasteiger partial charge in [0, 0.05) is 60.0 Å². The smallest absolute Gasteiger partial charge is 0.213 e. The fraction of sp³-hybridized carbons (Fsp3) is 0.440. The molecule has 2 aliphatic heterocycles. The van der Waals surface area contributed by atoms with Crippen molar-refractivity contribution in [3.05, 3.63) is 42.3 Å². The lowest BCUT2D eigenvalue weighted by Crippen LogP contribution is -2.50. The summed E-state index contributed by atoms with van der Waals surface area (Å²) in [6, 6.07) is 8.70. The summed E-state index contributed by atoms with van der Waals surface area (Å²) in [7, 11) is 2.45. The van der Waals surface area contributed by atoms with Gasteiger partial charge >= 0.3 is 0 Å². The highest BCUT2D eigenvalue weighted by Crippen LogP contribution is 2.45. The fourth-order valence-corrected chi connectivity index (χ4v) is 7.25. The Kier molecular flexibility index (Phi) is 6.04. The number of fused-ring (bicyclic) bond motifs is 1. The molecule has 2 saturated heterocycles. The number of methoxy groups -OCH3 is 1. The predicted molar refractivity (Wildman–Crippen MR) is 133 cm³/mol. The van der Waals surface area contributed by atoms with Gasteiger partial charge in [-0.2, -0.15) is 0 Å². The average molecular weight is 501 g/mol. The normalized spacial score (nSPS) is 18.3. The molecular formula is C25H29FN4O4S. The van der Waals surface area contributed by atoms with Gasteiger partial charge in [0.25, 0.3) is 0 Å². The van der Waals surface area contributed by atoms with Gasteiger partial charge in [0.05, 0.1) is 29.8 Å². The summed E-state index contributed by atoms with van der Waals surface area (Å²) in [5.41, 5.74) is 2.71. The first-order chi connectivity index (χ1) is 16.7. The first-order valence-electron chi connectivity index (χ1n) is 11.5. The van der Waals surface area contributed by atoms with Gasteiger partial charge in [-0.3, -0.25) is 0 Å². The van der Waals surface area contributed by atoms with Crippen LogP contribution in [0.1, 0.15) is 6.42 Å². The van der Waals surface area contributed by atoms with Crippen molar-refractivity contribution in [1.82, 2.24) is 14.9 Å². The number of nitrogens with zero attached hydrogens (tertiary/aromatic N) is 4. The largest absolute Gasteiger partial charge is 0.494 e. The highest BCUT2D eigenvalue weighted by Gasteiger charge is 2.52. The van der Waals surface area contributed by atoms with Gasteiger partial charge in [0.1, 0.15) is 6.61 Å². The zero-order valence-corrected chi connectivity index (χ0v) is 20.9. The highest BCUT2D eigenvalue weighted by atomic mass is 32.2. The number of pyridine rings is 2. The Bertz CT molecular complexity index is 1350. The van der Waals surface area contributed by atoms with E-state index in [1.165, 1.54) is 13.2 Å². The van der Waals surface area contributed by atoms with Crippen molar-refractivity contribution in [2.24, 2.45) is 5.41 Å². The summed E-state index contributed by atoms with van der Waals surface area (Å²) in [5, 5.41) is 0.669. The third-order valence-electron chi connectivity index (χ3n) is 6.71. The molecule has 5 rings (SSSR count). The Morgan fingerprint density at radius 3 is 2.66 bits per heavy atom. The molecule has 0 N–H and O–H groups in total. The van der Waals surface area contributed by atoms with Gasteiger partial charge in [0.2, 0.25) is 5.88 Å². The third-order valence-corrected chi connectivity index (χ3v) is 8.82. The Balaban J connectivity index is 1.50. The van der Waals surface area contributed by atoms with E-state index in [0.717, 1.165) is 24.2 Å². The number of anilines is 1. The van der Waals surface area contributed by atoms with E-state index in [0.29, 0.717) is 42.2 Å². The molecule has 0 atom stereocenters. The molecule has 0 unspecified atom stereocenters. The molecule has 2 aliphatic rings. The van der Waals surface area contributed by atoms with Crippen molar-refractivity contribution in [2.45, 2.75) is 6.42 Å². The molecule has 10 heteroatoms.